The summed E-state index contributed by atoms with van der Waals surface area (Å²) in [6, 6.07) is 0. The zero-order valence-corrected chi connectivity index (χ0v) is 8.57. The van der Waals surface area contributed by atoms with E-state index in [1.54, 1.807) is 12.8 Å². The van der Waals surface area contributed by atoms with Crippen molar-refractivity contribution in [3.63, 3.8) is 0 Å². The fourth-order valence-corrected chi connectivity index (χ4v) is 6.41. The molecule has 0 amide bonds. The minimum Gasteiger partial charge on any atom is -0.0547 e. The van der Waals surface area contributed by atoms with Crippen molar-refractivity contribution in [3.8, 4) is 0 Å². The average molecular weight is 116 g/mol. The topological polar surface area (TPSA) is 0 Å². The van der Waals surface area contributed by atoms with E-state index in [0.29, 0.717) is 0 Å². The van der Waals surface area contributed by atoms with E-state index in [-0.39, 0.29) is 0 Å². The zero-order valence-electron chi connectivity index (χ0n) is 4.57. The van der Waals surface area contributed by atoms with Gasteiger partial charge in [-0.25, -0.2) is 0 Å². The molecule has 0 bridgehead atoms. The van der Waals surface area contributed by atoms with Gasteiger partial charge in [0, 0.05) is 20.5 Å². The van der Waals surface area contributed by atoms with Crippen LogP contribution in [0, 0.1) is 0 Å². The predicted octanol–water partition coefficient (Wildman–Crippen LogP) is -0.912. The first-order chi connectivity index (χ1) is 2.79. The SMILES string of the molecule is [SiH3]C1CC([SiH3])C1. The van der Waals surface area contributed by atoms with Crippen LogP contribution in [0.1, 0.15) is 12.8 Å². The van der Waals surface area contributed by atoms with Crippen molar-refractivity contribution in [1.29, 1.82) is 0 Å². The van der Waals surface area contributed by atoms with E-state index in [4.69, 9.17) is 0 Å². The largest absolute Gasteiger partial charge is 0.0547 e. The summed E-state index contributed by atoms with van der Waals surface area (Å²) in [6.45, 7) is 0. The number of hydrogen-bond donors (Lipinski definition) is 0. The van der Waals surface area contributed by atoms with Crippen molar-refractivity contribution in [3.05, 3.63) is 0 Å². The van der Waals surface area contributed by atoms with Crippen LogP contribution in [0.5, 0.6) is 0 Å². The van der Waals surface area contributed by atoms with Crippen LogP contribution >= 0.6 is 0 Å². The first-order valence-corrected chi connectivity index (χ1v) is 5.10. The smallest absolute Gasteiger partial charge is 0.00672 e. The van der Waals surface area contributed by atoms with E-state index >= 15 is 0 Å². The van der Waals surface area contributed by atoms with Crippen LogP contribution in [-0.2, 0) is 0 Å². The van der Waals surface area contributed by atoms with Gasteiger partial charge in [-0.3, -0.25) is 0 Å². The van der Waals surface area contributed by atoms with Crippen LogP contribution in [0.3, 0.4) is 0 Å². The summed E-state index contributed by atoms with van der Waals surface area (Å²) in [5, 5.41) is 0. The van der Waals surface area contributed by atoms with Crippen molar-refractivity contribution in [1.82, 2.24) is 0 Å². The molecule has 0 N–H and O–H groups in total. The molecule has 36 valence electrons. The highest BCUT2D eigenvalue weighted by molar-refractivity contribution is 6.17. The molecule has 0 aromatic heterocycles. The monoisotopic (exact) mass is 116 g/mol. The predicted molar refractivity (Wildman–Crippen MR) is 36.6 cm³/mol. The first kappa shape index (κ1) is 4.59. The Hall–Kier alpha value is 0.434. The molecule has 6 heavy (non-hydrogen) atoms. The Balaban J connectivity index is 2.11. The van der Waals surface area contributed by atoms with Gasteiger partial charge in [0.05, 0.1) is 0 Å². The zero-order chi connectivity index (χ0) is 4.57. The standard InChI is InChI=1S/C4H12Si2/c5-3-1-4(6)2-3/h3-4H,1-2H2,5-6H3. The first-order valence-electron chi connectivity index (χ1n) is 2.79. The maximum atomic E-state index is 1.60. The molecule has 1 aliphatic carbocycles. The van der Waals surface area contributed by atoms with Crippen LogP contribution in [0.2, 0.25) is 11.1 Å². The van der Waals surface area contributed by atoms with Gasteiger partial charge in [-0.15, -0.1) is 0 Å². The van der Waals surface area contributed by atoms with E-state index in [2.05, 4.69) is 0 Å². The third kappa shape index (κ3) is 0.735. The molecule has 0 nitrogen and oxygen atoms in total. The Bertz CT molecular complexity index is 41.5. The Morgan fingerprint density at radius 3 is 1.33 bits per heavy atom. The van der Waals surface area contributed by atoms with E-state index in [1.165, 1.54) is 31.6 Å². The Morgan fingerprint density at radius 2 is 1.33 bits per heavy atom. The summed E-state index contributed by atoms with van der Waals surface area (Å²) in [6.07, 6.45) is 3.19. The van der Waals surface area contributed by atoms with Crippen molar-refractivity contribution in [2.45, 2.75) is 23.9 Å². The highest BCUT2D eigenvalue weighted by Gasteiger charge is 2.19. The van der Waals surface area contributed by atoms with Gasteiger partial charge >= 0.3 is 0 Å². The van der Waals surface area contributed by atoms with Gasteiger partial charge in [-0.2, -0.15) is 0 Å². The van der Waals surface area contributed by atoms with Crippen molar-refractivity contribution in [2.75, 3.05) is 0 Å². The lowest BCUT2D eigenvalue weighted by atomic mass is 9.98. The van der Waals surface area contributed by atoms with Crippen LogP contribution < -0.4 is 0 Å². The Labute approximate surface area is 45.2 Å². The minimum absolute atomic E-state index is 1.22. The second kappa shape index (κ2) is 1.50. The van der Waals surface area contributed by atoms with Crippen molar-refractivity contribution in [2.24, 2.45) is 0 Å². The molecule has 0 spiro atoms. The molecule has 1 aliphatic rings. The lowest BCUT2D eigenvalue weighted by molar-refractivity contribution is 0.504. The van der Waals surface area contributed by atoms with E-state index in [0.717, 1.165) is 0 Å². The fraction of sp³-hybridized carbons (Fsp3) is 1.00. The van der Waals surface area contributed by atoms with Gasteiger partial charge in [0.25, 0.3) is 0 Å². The minimum atomic E-state index is 1.22. The highest BCUT2D eigenvalue weighted by atomic mass is 28.2. The van der Waals surface area contributed by atoms with Gasteiger partial charge in [0.2, 0.25) is 0 Å². The van der Waals surface area contributed by atoms with Crippen LogP contribution in [0.15, 0.2) is 0 Å². The molecule has 0 unspecified atom stereocenters. The number of hydrogen-bond acceptors (Lipinski definition) is 0. The molecular formula is C4H12Si2. The van der Waals surface area contributed by atoms with Crippen LogP contribution in [0.25, 0.3) is 0 Å². The summed E-state index contributed by atoms with van der Waals surface area (Å²) >= 11 is 0. The maximum absolute atomic E-state index is 1.60. The summed E-state index contributed by atoms with van der Waals surface area (Å²) in [5.74, 6) is 0. The van der Waals surface area contributed by atoms with Gasteiger partial charge in [-0.05, 0) is 0 Å². The highest BCUT2D eigenvalue weighted by Crippen LogP contribution is 2.37. The van der Waals surface area contributed by atoms with Gasteiger partial charge in [0.15, 0.2) is 0 Å². The maximum Gasteiger partial charge on any atom is 0.00672 e. The van der Waals surface area contributed by atoms with Gasteiger partial charge < -0.3 is 0 Å². The Kier molecular flexibility index (Phi) is 1.15. The van der Waals surface area contributed by atoms with Crippen molar-refractivity contribution >= 4 is 20.5 Å². The summed E-state index contributed by atoms with van der Waals surface area (Å²) in [7, 11) is 2.93. The molecule has 0 heterocycles. The second-order valence-corrected chi connectivity index (χ2v) is 5.95. The lowest BCUT2D eigenvalue weighted by Gasteiger charge is -2.28. The molecule has 2 heteroatoms. The molecule has 1 saturated carbocycles. The quantitative estimate of drug-likeness (QED) is 0.359. The fourth-order valence-electron chi connectivity index (χ4n) is 1.30. The van der Waals surface area contributed by atoms with Gasteiger partial charge in [0.1, 0.15) is 0 Å². The molecule has 0 aromatic carbocycles. The molecular weight excluding hydrogens is 104 g/mol. The molecule has 0 saturated heterocycles. The third-order valence-corrected chi connectivity index (χ3v) is 3.50. The lowest BCUT2D eigenvalue weighted by Crippen LogP contribution is -2.12. The van der Waals surface area contributed by atoms with E-state index in [1.807, 2.05) is 0 Å². The normalized spacial score (nSPS) is 46.0. The molecule has 0 aliphatic heterocycles. The van der Waals surface area contributed by atoms with E-state index < -0.39 is 0 Å². The second-order valence-electron chi connectivity index (χ2n) is 2.68. The third-order valence-electron chi connectivity index (χ3n) is 1.61. The Morgan fingerprint density at radius 1 is 1.00 bits per heavy atom. The summed E-state index contributed by atoms with van der Waals surface area (Å²) in [5.41, 5.74) is 2.43. The average Bonchev–Trinajstić information content (AvgIpc) is 1.33. The molecule has 0 radical (unpaired) electrons. The number of rotatable bonds is 0. The van der Waals surface area contributed by atoms with Crippen LogP contribution in [-0.4, -0.2) is 20.5 Å². The summed E-state index contributed by atoms with van der Waals surface area (Å²) in [4.78, 5) is 0. The molecule has 1 rings (SSSR count). The molecule has 0 atom stereocenters. The van der Waals surface area contributed by atoms with Crippen LogP contribution in [0.4, 0.5) is 0 Å². The van der Waals surface area contributed by atoms with Gasteiger partial charge in [-0.1, -0.05) is 23.9 Å². The van der Waals surface area contributed by atoms with E-state index in [9.17, 15) is 0 Å². The molecule has 0 aromatic rings. The summed E-state index contributed by atoms with van der Waals surface area (Å²) < 4.78 is 0. The van der Waals surface area contributed by atoms with Crippen molar-refractivity contribution < 1.29 is 0 Å². The molecule has 1 fully saturated rings.